The van der Waals surface area contributed by atoms with Crippen LogP contribution in [0.25, 0.3) is 0 Å². The Morgan fingerprint density at radius 1 is 1.06 bits per heavy atom. The second-order valence-corrected chi connectivity index (χ2v) is 4.48. The van der Waals surface area contributed by atoms with E-state index in [0.717, 1.165) is 5.75 Å². The van der Waals surface area contributed by atoms with Gasteiger partial charge >= 0.3 is 0 Å². The quantitative estimate of drug-likeness (QED) is 0.725. The summed E-state index contributed by atoms with van der Waals surface area (Å²) in [7, 11) is 1.73. The van der Waals surface area contributed by atoms with Crippen molar-refractivity contribution in [3.63, 3.8) is 0 Å². The number of hydrogen-bond donors (Lipinski definition) is 0. The van der Waals surface area contributed by atoms with E-state index in [1.54, 1.807) is 7.11 Å². The Hall–Kier alpha value is -1.50. The number of methoxy groups -OCH3 is 1. The summed E-state index contributed by atoms with van der Waals surface area (Å²) >= 11 is 0. The lowest BCUT2D eigenvalue weighted by molar-refractivity contribution is 0.408. The van der Waals surface area contributed by atoms with Crippen LogP contribution in [0.3, 0.4) is 0 Å². The maximum Gasteiger partial charge on any atom is 0.124 e. The molecule has 0 saturated carbocycles. The van der Waals surface area contributed by atoms with E-state index < -0.39 is 0 Å². The average Bonchev–Trinajstić information content (AvgIpc) is 2.64. The zero-order chi connectivity index (χ0) is 11.7. The minimum atomic E-state index is 0.434. The number of aryl methyl sites for hydroxylation is 2. The fourth-order valence-electron chi connectivity index (χ4n) is 2.36. The largest absolute Gasteiger partial charge is 0.496 e. The first-order chi connectivity index (χ1) is 7.61. The van der Waals surface area contributed by atoms with Crippen LogP contribution in [0.1, 0.15) is 29.5 Å². The summed E-state index contributed by atoms with van der Waals surface area (Å²) in [4.78, 5) is 0. The van der Waals surface area contributed by atoms with E-state index in [2.05, 4.69) is 51.1 Å². The fourth-order valence-corrected chi connectivity index (χ4v) is 2.36. The molecule has 16 heavy (non-hydrogen) atoms. The van der Waals surface area contributed by atoms with Gasteiger partial charge in [-0.15, -0.1) is 0 Å². The highest BCUT2D eigenvalue weighted by atomic mass is 16.5. The molecule has 1 aliphatic rings. The lowest BCUT2D eigenvalue weighted by Crippen LogP contribution is -1.96. The van der Waals surface area contributed by atoms with Crippen LogP contribution in [0.4, 0.5) is 0 Å². The van der Waals surface area contributed by atoms with Crippen molar-refractivity contribution in [2.75, 3.05) is 7.11 Å². The molecule has 1 heteroatoms. The number of ether oxygens (including phenoxy) is 1. The maximum atomic E-state index is 5.38. The molecule has 1 nitrogen and oxygen atoms in total. The standard InChI is InChI=1S/C15H18O/c1-10-5-6-13(7-10)14-8-11(2)15(16-4)12(3)9-14/h5-9,13H,1-4H3. The third kappa shape index (κ3) is 1.90. The van der Waals surface area contributed by atoms with Crippen molar-refractivity contribution in [3.8, 4) is 5.75 Å². The SMILES string of the molecule is COc1c(C)cc(C2C=CC(C)=C2)cc1C. The summed E-state index contributed by atoms with van der Waals surface area (Å²) in [5, 5.41) is 0. The summed E-state index contributed by atoms with van der Waals surface area (Å²) < 4.78 is 5.38. The molecule has 1 atom stereocenters. The van der Waals surface area contributed by atoms with E-state index >= 15 is 0 Å². The third-order valence-corrected chi connectivity index (χ3v) is 3.08. The van der Waals surface area contributed by atoms with Gasteiger partial charge in [-0.2, -0.15) is 0 Å². The predicted molar refractivity (Wildman–Crippen MR) is 68.1 cm³/mol. The smallest absolute Gasteiger partial charge is 0.124 e. The van der Waals surface area contributed by atoms with Crippen molar-refractivity contribution >= 4 is 0 Å². The summed E-state index contributed by atoms with van der Waals surface area (Å²) in [5.41, 5.74) is 5.12. The summed E-state index contributed by atoms with van der Waals surface area (Å²) in [5.74, 6) is 1.44. The van der Waals surface area contributed by atoms with Gasteiger partial charge in [-0.05, 0) is 37.5 Å². The van der Waals surface area contributed by atoms with Gasteiger partial charge < -0.3 is 4.74 Å². The zero-order valence-electron chi connectivity index (χ0n) is 10.4. The van der Waals surface area contributed by atoms with Gasteiger partial charge in [-0.3, -0.25) is 0 Å². The van der Waals surface area contributed by atoms with Crippen LogP contribution in [0.2, 0.25) is 0 Å². The maximum absolute atomic E-state index is 5.38. The molecule has 2 rings (SSSR count). The van der Waals surface area contributed by atoms with Crippen LogP contribution in [-0.2, 0) is 0 Å². The molecule has 0 N–H and O–H groups in total. The van der Waals surface area contributed by atoms with Crippen molar-refractivity contribution < 1.29 is 4.74 Å². The molecule has 1 aromatic carbocycles. The van der Waals surface area contributed by atoms with Crippen LogP contribution < -0.4 is 4.74 Å². The number of allylic oxidation sites excluding steroid dienone is 4. The number of benzene rings is 1. The van der Waals surface area contributed by atoms with Crippen molar-refractivity contribution in [1.29, 1.82) is 0 Å². The predicted octanol–water partition coefficient (Wildman–Crippen LogP) is 3.91. The zero-order valence-corrected chi connectivity index (χ0v) is 10.4. The van der Waals surface area contributed by atoms with Gasteiger partial charge in [0.25, 0.3) is 0 Å². The van der Waals surface area contributed by atoms with Gasteiger partial charge in [0.15, 0.2) is 0 Å². The first-order valence-electron chi connectivity index (χ1n) is 5.63. The molecule has 0 aliphatic heterocycles. The second-order valence-electron chi connectivity index (χ2n) is 4.48. The molecule has 1 aliphatic carbocycles. The van der Waals surface area contributed by atoms with Crippen LogP contribution in [0, 0.1) is 13.8 Å². The van der Waals surface area contributed by atoms with Gasteiger partial charge in [-0.25, -0.2) is 0 Å². The van der Waals surface area contributed by atoms with E-state index in [9.17, 15) is 0 Å². The molecule has 0 aromatic heterocycles. The van der Waals surface area contributed by atoms with Crippen molar-refractivity contribution in [2.24, 2.45) is 0 Å². The van der Waals surface area contributed by atoms with Gasteiger partial charge in [-0.1, -0.05) is 35.9 Å². The molecular formula is C15H18O. The Bertz CT molecular complexity index is 443. The minimum absolute atomic E-state index is 0.434. The Morgan fingerprint density at radius 2 is 1.69 bits per heavy atom. The highest BCUT2D eigenvalue weighted by Crippen LogP contribution is 2.32. The normalized spacial score (nSPS) is 18.8. The highest BCUT2D eigenvalue weighted by molar-refractivity contribution is 5.48. The van der Waals surface area contributed by atoms with E-state index in [-0.39, 0.29) is 0 Å². The lowest BCUT2D eigenvalue weighted by atomic mass is 9.96. The molecule has 0 fully saturated rings. The van der Waals surface area contributed by atoms with E-state index in [1.165, 1.54) is 22.3 Å². The summed E-state index contributed by atoms with van der Waals surface area (Å²) in [6, 6.07) is 4.44. The molecule has 1 aromatic rings. The number of hydrogen-bond acceptors (Lipinski definition) is 1. The van der Waals surface area contributed by atoms with Crippen LogP contribution in [-0.4, -0.2) is 7.11 Å². The third-order valence-electron chi connectivity index (χ3n) is 3.08. The van der Waals surface area contributed by atoms with E-state index in [0.29, 0.717) is 5.92 Å². The molecular weight excluding hydrogens is 196 g/mol. The van der Waals surface area contributed by atoms with Crippen molar-refractivity contribution in [1.82, 2.24) is 0 Å². The van der Waals surface area contributed by atoms with Crippen molar-refractivity contribution in [3.05, 3.63) is 52.6 Å². The van der Waals surface area contributed by atoms with Crippen LogP contribution in [0.5, 0.6) is 5.75 Å². The topological polar surface area (TPSA) is 9.23 Å². The number of rotatable bonds is 2. The van der Waals surface area contributed by atoms with E-state index in [1.807, 2.05) is 0 Å². The molecule has 0 heterocycles. The van der Waals surface area contributed by atoms with Crippen molar-refractivity contribution in [2.45, 2.75) is 26.7 Å². The molecule has 1 unspecified atom stereocenters. The molecule has 0 saturated heterocycles. The van der Waals surface area contributed by atoms with Gasteiger partial charge in [0.05, 0.1) is 7.11 Å². The first-order valence-corrected chi connectivity index (χ1v) is 5.63. The average molecular weight is 214 g/mol. The fraction of sp³-hybridized carbons (Fsp3) is 0.333. The Labute approximate surface area is 97.4 Å². The summed E-state index contributed by atoms with van der Waals surface area (Å²) in [6.45, 7) is 6.34. The Balaban J connectivity index is 2.41. The Morgan fingerprint density at radius 3 is 2.12 bits per heavy atom. The molecule has 84 valence electrons. The highest BCUT2D eigenvalue weighted by Gasteiger charge is 2.13. The molecule has 0 radical (unpaired) electrons. The summed E-state index contributed by atoms with van der Waals surface area (Å²) in [6.07, 6.45) is 6.72. The molecule has 0 spiro atoms. The molecule has 0 bridgehead atoms. The van der Waals surface area contributed by atoms with E-state index in [4.69, 9.17) is 4.74 Å². The van der Waals surface area contributed by atoms with Gasteiger partial charge in [0.2, 0.25) is 0 Å². The second kappa shape index (κ2) is 4.17. The van der Waals surface area contributed by atoms with Crippen LogP contribution >= 0.6 is 0 Å². The van der Waals surface area contributed by atoms with Gasteiger partial charge in [0.1, 0.15) is 5.75 Å². The first kappa shape index (κ1) is 11.0. The minimum Gasteiger partial charge on any atom is -0.496 e. The molecule has 0 amide bonds. The Kier molecular flexibility index (Phi) is 2.86. The monoisotopic (exact) mass is 214 g/mol. The van der Waals surface area contributed by atoms with Crippen LogP contribution in [0.15, 0.2) is 35.9 Å². The van der Waals surface area contributed by atoms with Gasteiger partial charge in [0, 0.05) is 5.92 Å². The lowest BCUT2D eigenvalue weighted by Gasteiger charge is -2.13.